The minimum absolute atomic E-state index is 0.0298. The predicted octanol–water partition coefficient (Wildman–Crippen LogP) is 17.8. The zero-order valence-electron chi connectivity index (χ0n) is 78.4. The molecule has 0 spiro atoms. The van der Waals surface area contributed by atoms with Crippen molar-refractivity contribution in [3.05, 3.63) is 35.5 Å². The number of allylic oxidation sites excluding steroid dienone is 4. The second-order valence-electron chi connectivity index (χ2n) is 42.1. The van der Waals surface area contributed by atoms with Crippen LogP contribution in [0, 0.1) is 105 Å². The minimum Gasteiger partial charge on any atom is -0.462 e. The molecule has 6 saturated carbocycles. The van der Waals surface area contributed by atoms with E-state index in [4.69, 9.17) is 18.9 Å². The average molecular weight is 1730 g/mol. The van der Waals surface area contributed by atoms with Gasteiger partial charge in [0.25, 0.3) is 11.8 Å². The van der Waals surface area contributed by atoms with Crippen molar-refractivity contribution in [1.29, 1.82) is 0 Å². The summed E-state index contributed by atoms with van der Waals surface area (Å²) in [7, 11) is 0. The van der Waals surface area contributed by atoms with Crippen LogP contribution in [0.5, 0.6) is 0 Å². The van der Waals surface area contributed by atoms with Gasteiger partial charge in [-0.15, -0.1) is 11.8 Å². The van der Waals surface area contributed by atoms with Gasteiger partial charge < -0.3 is 40.2 Å². The number of nitrogens with one attached hydrogen (secondary N) is 4. The predicted molar refractivity (Wildman–Crippen MR) is 487 cm³/mol. The summed E-state index contributed by atoms with van der Waals surface area (Å²) in [6.45, 7) is 44.6. The number of nitrogens with zero attached hydrogens (tertiary/aromatic N) is 2. The maximum absolute atomic E-state index is 13.0. The van der Waals surface area contributed by atoms with Crippen molar-refractivity contribution in [3.63, 3.8) is 0 Å². The minimum atomic E-state index is -0.510. The summed E-state index contributed by atoms with van der Waals surface area (Å²) in [6, 6.07) is -0.374. The first-order valence-corrected chi connectivity index (χ1v) is 49.5. The molecule has 7 fully saturated rings. The third-order valence-electron chi connectivity index (χ3n) is 30.3. The Morgan fingerprint density at radius 1 is 0.537 bits per heavy atom. The molecule has 0 aromatic rings. The first-order chi connectivity index (χ1) is 57.1. The van der Waals surface area contributed by atoms with Gasteiger partial charge in [0.15, 0.2) is 11.6 Å². The highest BCUT2D eigenvalue weighted by Gasteiger charge is 2.62. The van der Waals surface area contributed by atoms with Crippen LogP contribution in [0.4, 0.5) is 0 Å². The number of ketones is 2. The number of imide groups is 2. The molecular weight excluding hydrogens is 1560 g/mol. The number of likely N-dealkylation sites (tertiary alicyclic amines) is 1. The van der Waals surface area contributed by atoms with Crippen LogP contribution in [0.15, 0.2) is 35.5 Å². The zero-order valence-corrected chi connectivity index (χ0v) is 80.1. The summed E-state index contributed by atoms with van der Waals surface area (Å²) in [5.74, 6) is 8.78. The normalized spacial score (nSPS) is 30.2. The van der Waals surface area contributed by atoms with Gasteiger partial charge >= 0.3 is 11.9 Å². The van der Waals surface area contributed by atoms with Gasteiger partial charge in [0.2, 0.25) is 23.6 Å². The summed E-state index contributed by atoms with van der Waals surface area (Å²) in [5.41, 5.74) is 4.36. The number of carbonyl (C=O) groups is 10. The highest BCUT2D eigenvalue weighted by molar-refractivity contribution is 8.00. The standard InChI is InChI=1S/C49H81N3O7S.C40H62N2O6.C10H21NOS/c1-31(2)12-10-13-34(7)38-19-20-39-37-18-16-35-15-17-36(29-49(35,9)40(37)21-23-48(38,39)8)59-45(55)22-26-58-27-24-50-43(53)14-11-25-52-44(54)28-42(47(52)57)60-30-41(51-33(5)6)46(56)32(3)4;1-27(2)8-6-9-28(3)32-15-16-33-31-14-12-29-11-13-30(26-40(29,5)34(31)19-21-39(32,33)4)48-38(46)20-24-47-25-22-41-35(43)10-7-23-42-36(44)17-18-37(42)45;1-7(2)9(12)8(6-13)11-10(3,4)5/h16,31-34,36-42,51H,10-15,17-30H2,1-9H3,(H,50,53);12,17-18,27-28,30-34H,6-11,13-16,19-26H2,1-5H3,(H,41,43);7-8,11,13H,6H2,1-5H3. The summed E-state index contributed by atoms with van der Waals surface area (Å²) in [6.07, 6.45) is 36.5. The fraction of sp³-hybridized carbons (Fsp3) is 0.838. The van der Waals surface area contributed by atoms with Crippen molar-refractivity contribution in [2.24, 2.45) is 105 Å². The fourth-order valence-electron chi connectivity index (χ4n) is 24.2. The Morgan fingerprint density at radius 2 is 0.975 bits per heavy atom. The lowest BCUT2D eigenvalue weighted by Gasteiger charge is -2.58. The molecule has 19 atom stereocenters. The summed E-state index contributed by atoms with van der Waals surface area (Å²) < 4.78 is 23.5. The molecular formula is C99H164N6O14S2. The SMILES string of the molecule is CC(C)C(=O)C(CS)NC(C)(C)C.CC(C)CCCC(C)C1CCC2C3CC=C4CCC(OC(=O)CCOCCNC(=O)CCCN5C(=O)C=CC5=O)CC4(C)C3CCC12C.CC(C)CCCC(C)C1CCC2C3CC=C4CCC(OC(=O)CCOCCNC(=O)CCCN5C(=O)CC(SCC(NC(C)C)C(=O)C(C)C)C5=O)CC4(C)C3CCC12C. The average Bonchev–Trinajstić information content (AvgIpc) is 1.70. The summed E-state index contributed by atoms with van der Waals surface area (Å²) in [5, 5.41) is 11.7. The molecule has 10 aliphatic rings. The Bertz CT molecular complexity index is 3530. The van der Waals surface area contributed by atoms with Crippen molar-refractivity contribution in [1.82, 2.24) is 31.1 Å². The number of thioether (sulfide) groups is 1. The van der Waals surface area contributed by atoms with Crippen LogP contribution in [0.3, 0.4) is 0 Å². The van der Waals surface area contributed by atoms with Gasteiger partial charge in [-0.25, -0.2) is 0 Å². The molecule has 20 nitrogen and oxygen atoms in total. The number of carbonyl (C=O) groups excluding carboxylic acids is 10. The number of Topliss-reactive ketones (excluding diaryl/α,β-unsaturated/α-hetero) is 2. The number of ether oxygens (including phenoxy) is 4. The Balaban J connectivity index is 0.000000266. The van der Waals surface area contributed by atoms with Crippen LogP contribution in [0.25, 0.3) is 0 Å². The van der Waals surface area contributed by atoms with Crippen molar-refractivity contribution in [3.8, 4) is 0 Å². The third kappa shape index (κ3) is 27.9. The smallest absolute Gasteiger partial charge is 0.308 e. The van der Waals surface area contributed by atoms with Gasteiger partial charge in [0, 0.05) is 92.5 Å². The maximum atomic E-state index is 13.0. The van der Waals surface area contributed by atoms with E-state index in [0.29, 0.717) is 66.7 Å². The van der Waals surface area contributed by atoms with Gasteiger partial charge in [0.1, 0.15) is 12.2 Å². The highest BCUT2D eigenvalue weighted by Crippen LogP contribution is 2.69. The molecule has 0 aromatic carbocycles. The molecule has 6 amide bonds. The van der Waals surface area contributed by atoms with Crippen molar-refractivity contribution in [2.45, 2.75) is 359 Å². The number of hydrogen-bond donors (Lipinski definition) is 5. The van der Waals surface area contributed by atoms with E-state index >= 15 is 0 Å². The monoisotopic (exact) mass is 1730 g/mol. The maximum Gasteiger partial charge on any atom is 0.308 e. The number of fused-ring (bicyclic) bond motifs is 10. The second-order valence-corrected chi connectivity index (χ2v) is 43.7. The van der Waals surface area contributed by atoms with E-state index in [1.165, 1.54) is 132 Å². The molecule has 0 aromatic heterocycles. The van der Waals surface area contributed by atoms with Crippen LogP contribution in [-0.4, -0.2) is 174 Å². The van der Waals surface area contributed by atoms with Crippen molar-refractivity contribution < 1.29 is 66.9 Å². The van der Waals surface area contributed by atoms with Crippen LogP contribution >= 0.6 is 24.4 Å². The fourth-order valence-corrected chi connectivity index (χ4v) is 25.7. The molecule has 121 heavy (non-hydrogen) atoms. The summed E-state index contributed by atoms with van der Waals surface area (Å²) in [4.78, 5) is 126. The first kappa shape index (κ1) is 102. The zero-order chi connectivity index (χ0) is 88.9. The lowest BCUT2D eigenvalue weighted by molar-refractivity contribution is -0.156. The molecule has 2 heterocycles. The van der Waals surface area contributed by atoms with Crippen LogP contribution in [-0.2, 0) is 66.9 Å². The Labute approximate surface area is 739 Å². The van der Waals surface area contributed by atoms with Crippen LogP contribution < -0.4 is 21.3 Å². The highest BCUT2D eigenvalue weighted by atomic mass is 32.2. The van der Waals surface area contributed by atoms with Gasteiger partial charge in [-0.05, 0) is 229 Å². The molecule has 686 valence electrons. The van der Waals surface area contributed by atoms with E-state index in [1.54, 1.807) is 11.1 Å². The first-order valence-electron chi connectivity index (χ1n) is 47.8. The second kappa shape index (κ2) is 46.8. The number of amides is 6. The molecule has 10 rings (SSSR count). The molecule has 22 heteroatoms. The number of hydrogen-bond acceptors (Lipinski definition) is 18. The van der Waals surface area contributed by atoms with E-state index in [9.17, 15) is 47.9 Å². The molecule has 8 aliphatic carbocycles. The molecule has 0 bridgehead atoms. The Morgan fingerprint density at radius 3 is 1.39 bits per heavy atom. The lowest BCUT2D eigenvalue weighted by atomic mass is 9.47. The van der Waals surface area contributed by atoms with E-state index in [1.807, 2.05) is 41.5 Å². The van der Waals surface area contributed by atoms with E-state index in [0.717, 1.165) is 103 Å². The van der Waals surface area contributed by atoms with Crippen LogP contribution in [0.1, 0.15) is 318 Å². The van der Waals surface area contributed by atoms with Crippen molar-refractivity contribution in [2.75, 3.05) is 64.1 Å². The van der Waals surface area contributed by atoms with E-state index < -0.39 is 5.25 Å². The molecule has 2 aliphatic heterocycles. The largest absolute Gasteiger partial charge is 0.462 e. The topological polar surface area (TPSA) is 262 Å². The number of esters is 2. The van der Waals surface area contributed by atoms with Gasteiger partial charge in [0.05, 0.1) is 56.6 Å². The van der Waals surface area contributed by atoms with Gasteiger partial charge in [-0.1, -0.05) is 173 Å². The Hall–Kier alpha value is -4.74. The Kier molecular flexibility index (Phi) is 39.3. The number of rotatable bonds is 43. The quantitative estimate of drug-likeness (QED) is 0.0125. The van der Waals surface area contributed by atoms with Gasteiger partial charge in [-0.3, -0.25) is 57.7 Å². The number of thiol groups is 1. The summed E-state index contributed by atoms with van der Waals surface area (Å²) >= 11 is 5.53. The lowest BCUT2D eigenvalue weighted by Crippen LogP contribution is -2.51. The molecule has 19 unspecified atom stereocenters. The van der Waals surface area contributed by atoms with Crippen LogP contribution in [0.2, 0.25) is 0 Å². The molecule has 4 N–H and O–H groups in total. The van der Waals surface area contributed by atoms with Gasteiger partial charge in [-0.2, -0.15) is 12.6 Å². The molecule has 1 saturated heterocycles. The molecule has 0 radical (unpaired) electrons. The van der Waals surface area contributed by atoms with E-state index in [2.05, 4.69) is 136 Å². The third-order valence-corrected chi connectivity index (χ3v) is 32.0. The van der Waals surface area contributed by atoms with E-state index in [-0.39, 0.29) is 183 Å². The van der Waals surface area contributed by atoms with Crippen molar-refractivity contribution >= 4 is 83.3 Å².